The summed E-state index contributed by atoms with van der Waals surface area (Å²) in [6.45, 7) is 12.4. The standard InChI is InChI=1S/C14H23NO2/c1-10-11(7-8-17-10)12(16)15-14(5,6)9-13(2,3)4/h7-8H,9H2,1-6H3,(H,15,16). The van der Waals surface area contributed by atoms with Crippen LogP contribution in [0.25, 0.3) is 0 Å². The van der Waals surface area contributed by atoms with Crippen LogP contribution < -0.4 is 5.32 Å². The van der Waals surface area contributed by atoms with Crippen LogP contribution in [-0.4, -0.2) is 11.4 Å². The molecule has 17 heavy (non-hydrogen) atoms. The average Bonchev–Trinajstić information content (AvgIpc) is 2.44. The summed E-state index contributed by atoms with van der Waals surface area (Å²) in [7, 11) is 0. The van der Waals surface area contributed by atoms with Crippen molar-refractivity contribution in [2.45, 2.75) is 53.5 Å². The Bertz CT molecular complexity index is 397. The van der Waals surface area contributed by atoms with E-state index in [2.05, 4.69) is 26.1 Å². The molecule has 0 atom stereocenters. The second kappa shape index (κ2) is 4.55. The molecular formula is C14H23NO2. The number of furan rings is 1. The van der Waals surface area contributed by atoms with Crippen molar-refractivity contribution in [2.24, 2.45) is 5.41 Å². The first kappa shape index (κ1) is 13.8. The quantitative estimate of drug-likeness (QED) is 0.873. The summed E-state index contributed by atoms with van der Waals surface area (Å²) < 4.78 is 5.14. The topological polar surface area (TPSA) is 42.2 Å². The lowest BCUT2D eigenvalue weighted by Crippen LogP contribution is -2.45. The molecule has 3 heteroatoms. The van der Waals surface area contributed by atoms with Crippen LogP contribution in [0.3, 0.4) is 0 Å². The average molecular weight is 237 g/mol. The van der Waals surface area contributed by atoms with Crippen molar-refractivity contribution in [1.82, 2.24) is 5.32 Å². The summed E-state index contributed by atoms with van der Waals surface area (Å²) >= 11 is 0. The molecule has 96 valence electrons. The molecule has 0 bridgehead atoms. The minimum Gasteiger partial charge on any atom is -0.469 e. The Kier molecular flexibility index (Phi) is 3.70. The van der Waals surface area contributed by atoms with Gasteiger partial charge in [-0.2, -0.15) is 0 Å². The fourth-order valence-corrected chi connectivity index (χ4v) is 2.37. The summed E-state index contributed by atoms with van der Waals surface area (Å²) in [4.78, 5) is 12.1. The molecule has 0 saturated carbocycles. The van der Waals surface area contributed by atoms with E-state index in [9.17, 15) is 4.79 Å². The molecule has 0 radical (unpaired) electrons. The van der Waals surface area contributed by atoms with Crippen molar-refractivity contribution in [2.75, 3.05) is 0 Å². The number of hydrogen-bond acceptors (Lipinski definition) is 2. The van der Waals surface area contributed by atoms with Gasteiger partial charge in [0, 0.05) is 5.54 Å². The van der Waals surface area contributed by atoms with E-state index in [1.165, 1.54) is 0 Å². The van der Waals surface area contributed by atoms with E-state index in [4.69, 9.17) is 4.42 Å². The Hall–Kier alpha value is -1.25. The number of amides is 1. The molecule has 0 fully saturated rings. The summed E-state index contributed by atoms with van der Waals surface area (Å²) in [6.07, 6.45) is 2.46. The molecule has 0 spiro atoms. The van der Waals surface area contributed by atoms with Crippen LogP contribution in [0, 0.1) is 12.3 Å². The Balaban J connectivity index is 2.72. The van der Waals surface area contributed by atoms with Gasteiger partial charge in [-0.05, 0) is 38.7 Å². The van der Waals surface area contributed by atoms with E-state index in [0.29, 0.717) is 11.3 Å². The van der Waals surface area contributed by atoms with Gasteiger partial charge in [-0.3, -0.25) is 4.79 Å². The van der Waals surface area contributed by atoms with Crippen molar-refractivity contribution >= 4 is 5.91 Å². The van der Waals surface area contributed by atoms with E-state index in [1.807, 2.05) is 13.8 Å². The van der Waals surface area contributed by atoms with Gasteiger partial charge in [0.2, 0.25) is 0 Å². The van der Waals surface area contributed by atoms with Gasteiger partial charge in [0.1, 0.15) is 5.76 Å². The van der Waals surface area contributed by atoms with Crippen LogP contribution >= 0.6 is 0 Å². The van der Waals surface area contributed by atoms with Gasteiger partial charge >= 0.3 is 0 Å². The van der Waals surface area contributed by atoms with Gasteiger partial charge in [0.15, 0.2) is 0 Å². The predicted octanol–water partition coefficient (Wildman–Crippen LogP) is 3.53. The van der Waals surface area contributed by atoms with E-state index < -0.39 is 0 Å². The minimum atomic E-state index is -0.223. The second-order valence-corrected chi connectivity index (χ2v) is 6.47. The highest BCUT2D eigenvalue weighted by atomic mass is 16.3. The van der Waals surface area contributed by atoms with E-state index in [0.717, 1.165) is 6.42 Å². The molecule has 1 N–H and O–H groups in total. The highest BCUT2D eigenvalue weighted by Crippen LogP contribution is 2.27. The lowest BCUT2D eigenvalue weighted by molar-refractivity contribution is 0.0890. The van der Waals surface area contributed by atoms with Gasteiger partial charge in [0.05, 0.1) is 11.8 Å². The van der Waals surface area contributed by atoms with Crippen molar-refractivity contribution in [3.8, 4) is 0 Å². The van der Waals surface area contributed by atoms with Crippen LogP contribution in [0.5, 0.6) is 0 Å². The number of carbonyl (C=O) groups is 1. The molecule has 0 aliphatic rings. The lowest BCUT2D eigenvalue weighted by atomic mass is 9.81. The maximum absolute atomic E-state index is 12.1. The minimum absolute atomic E-state index is 0.0644. The third-order valence-corrected chi connectivity index (χ3v) is 2.53. The van der Waals surface area contributed by atoms with Crippen LogP contribution in [0.4, 0.5) is 0 Å². The molecule has 0 aliphatic carbocycles. The number of aryl methyl sites for hydroxylation is 1. The molecule has 1 aromatic heterocycles. The predicted molar refractivity (Wildman–Crippen MR) is 69.1 cm³/mol. The van der Waals surface area contributed by atoms with E-state index >= 15 is 0 Å². The zero-order chi connectivity index (χ0) is 13.3. The van der Waals surface area contributed by atoms with Gasteiger partial charge < -0.3 is 9.73 Å². The highest BCUT2D eigenvalue weighted by Gasteiger charge is 2.28. The third-order valence-electron chi connectivity index (χ3n) is 2.53. The lowest BCUT2D eigenvalue weighted by Gasteiger charge is -2.33. The molecule has 1 rings (SSSR count). The number of rotatable bonds is 3. The molecule has 3 nitrogen and oxygen atoms in total. The smallest absolute Gasteiger partial charge is 0.255 e. The maximum atomic E-state index is 12.1. The summed E-state index contributed by atoms with van der Waals surface area (Å²) in [5.41, 5.74) is 0.577. The molecule has 0 unspecified atom stereocenters. The van der Waals surface area contributed by atoms with Crippen molar-refractivity contribution < 1.29 is 9.21 Å². The number of hydrogen-bond donors (Lipinski definition) is 1. The van der Waals surface area contributed by atoms with Crippen LogP contribution in [0.1, 0.15) is 57.2 Å². The zero-order valence-electron chi connectivity index (χ0n) is 11.7. The first-order valence-corrected chi connectivity index (χ1v) is 5.97. The van der Waals surface area contributed by atoms with Gasteiger partial charge in [-0.1, -0.05) is 20.8 Å². The molecule has 0 aliphatic heterocycles. The SMILES string of the molecule is Cc1occc1C(=O)NC(C)(C)CC(C)(C)C. The number of carbonyl (C=O) groups excluding carboxylic acids is 1. The first-order valence-electron chi connectivity index (χ1n) is 5.97. The summed E-state index contributed by atoms with van der Waals surface area (Å²) in [6, 6.07) is 1.71. The normalized spacial score (nSPS) is 12.6. The Morgan fingerprint density at radius 3 is 2.29 bits per heavy atom. The van der Waals surface area contributed by atoms with Crippen LogP contribution in [0.2, 0.25) is 0 Å². The zero-order valence-corrected chi connectivity index (χ0v) is 11.7. The van der Waals surface area contributed by atoms with E-state index in [1.54, 1.807) is 19.3 Å². The largest absolute Gasteiger partial charge is 0.469 e. The van der Waals surface area contributed by atoms with Crippen molar-refractivity contribution in [3.05, 3.63) is 23.7 Å². The first-order chi connectivity index (χ1) is 7.61. The fraction of sp³-hybridized carbons (Fsp3) is 0.643. The molecule has 1 amide bonds. The molecule has 1 heterocycles. The molecule has 1 aromatic rings. The summed E-state index contributed by atoms with van der Waals surface area (Å²) in [5.74, 6) is 0.597. The molecule has 0 saturated heterocycles. The Labute approximate surface area is 104 Å². The monoisotopic (exact) mass is 237 g/mol. The van der Waals surface area contributed by atoms with Gasteiger partial charge in [-0.25, -0.2) is 0 Å². The summed E-state index contributed by atoms with van der Waals surface area (Å²) in [5, 5.41) is 3.06. The Morgan fingerprint density at radius 2 is 1.88 bits per heavy atom. The third kappa shape index (κ3) is 4.25. The van der Waals surface area contributed by atoms with Crippen LogP contribution in [-0.2, 0) is 0 Å². The molecule has 0 aromatic carbocycles. The highest BCUT2D eigenvalue weighted by molar-refractivity contribution is 5.95. The Morgan fingerprint density at radius 1 is 1.29 bits per heavy atom. The van der Waals surface area contributed by atoms with E-state index in [-0.39, 0.29) is 16.9 Å². The second-order valence-electron chi connectivity index (χ2n) is 6.47. The fourth-order valence-electron chi connectivity index (χ4n) is 2.37. The van der Waals surface area contributed by atoms with Crippen LogP contribution in [0.15, 0.2) is 16.7 Å². The molecular weight excluding hydrogens is 214 g/mol. The van der Waals surface area contributed by atoms with Gasteiger partial charge in [0.25, 0.3) is 5.91 Å². The maximum Gasteiger partial charge on any atom is 0.255 e. The van der Waals surface area contributed by atoms with Crippen molar-refractivity contribution in [1.29, 1.82) is 0 Å². The van der Waals surface area contributed by atoms with Gasteiger partial charge in [-0.15, -0.1) is 0 Å². The van der Waals surface area contributed by atoms with Crippen molar-refractivity contribution in [3.63, 3.8) is 0 Å². The number of nitrogens with one attached hydrogen (secondary N) is 1.